The van der Waals surface area contributed by atoms with Crippen molar-refractivity contribution in [2.24, 2.45) is 0 Å². The first kappa shape index (κ1) is 13.7. The van der Waals surface area contributed by atoms with E-state index < -0.39 is 9.85 Å². The molecule has 1 saturated heterocycles. The van der Waals surface area contributed by atoms with Gasteiger partial charge in [-0.05, 0) is 6.07 Å². The van der Waals surface area contributed by atoms with Gasteiger partial charge in [0, 0.05) is 32.2 Å². The van der Waals surface area contributed by atoms with E-state index in [9.17, 15) is 25.0 Å². The Hall–Kier alpha value is -2.71. The number of rotatable bonds is 4. The molecule has 20 heavy (non-hydrogen) atoms. The van der Waals surface area contributed by atoms with Crippen molar-refractivity contribution in [3.63, 3.8) is 0 Å². The number of nitro groups is 2. The van der Waals surface area contributed by atoms with Gasteiger partial charge in [-0.3, -0.25) is 25.0 Å². The topological polar surface area (TPSA) is 110 Å². The molecule has 0 saturated carbocycles. The van der Waals surface area contributed by atoms with Gasteiger partial charge < -0.3 is 9.80 Å². The minimum Gasteiger partial charge on any atom is -0.362 e. The number of benzene rings is 1. The summed E-state index contributed by atoms with van der Waals surface area (Å²) >= 11 is 0. The Balaban J connectivity index is 2.29. The molecule has 2 rings (SSSR count). The summed E-state index contributed by atoms with van der Waals surface area (Å²) in [5, 5.41) is 21.7. The molecule has 0 spiro atoms. The summed E-state index contributed by atoms with van der Waals surface area (Å²) in [5.41, 5.74) is -0.267. The highest BCUT2D eigenvalue weighted by Crippen LogP contribution is 2.32. The molecule has 0 aliphatic carbocycles. The highest BCUT2D eigenvalue weighted by Gasteiger charge is 2.25. The molecule has 1 heterocycles. The zero-order valence-electron chi connectivity index (χ0n) is 10.5. The van der Waals surface area contributed by atoms with Crippen molar-refractivity contribution in [1.29, 1.82) is 0 Å². The van der Waals surface area contributed by atoms with Crippen LogP contribution in [0.1, 0.15) is 0 Å². The van der Waals surface area contributed by atoms with Crippen LogP contribution in [0.5, 0.6) is 0 Å². The number of nitro benzene ring substituents is 2. The third kappa shape index (κ3) is 2.66. The molecule has 0 bridgehead atoms. The molecule has 1 amide bonds. The molecular weight excluding hydrogens is 268 g/mol. The predicted molar refractivity (Wildman–Crippen MR) is 69.6 cm³/mol. The van der Waals surface area contributed by atoms with Crippen LogP contribution in [-0.2, 0) is 4.79 Å². The summed E-state index contributed by atoms with van der Waals surface area (Å²) in [6.07, 6.45) is 0.738. The Morgan fingerprint density at radius 2 is 1.70 bits per heavy atom. The van der Waals surface area contributed by atoms with E-state index >= 15 is 0 Å². The van der Waals surface area contributed by atoms with Crippen LogP contribution in [0.25, 0.3) is 0 Å². The van der Waals surface area contributed by atoms with Crippen LogP contribution < -0.4 is 4.90 Å². The molecule has 1 fully saturated rings. The molecule has 9 nitrogen and oxygen atoms in total. The third-order valence-electron chi connectivity index (χ3n) is 3.17. The molecular formula is C11H12N4O5. The zero-order chi connectivity index (χ0) is 14.7. The number of amides is 1. The molecule has 9 heteroatoms. The SMILES string of the molecule is O=CN1CCN(c2ccc([N+](=O)[O-])cc2[N+](=O)[O-])CC1. The molecule has 0 radical (unpaired) electrons. The summed E-state index contributed by atoms with van der Waals surface area (Å²) in [4.78, 5) is 34.4. The van der Waals surface area contributed by atoms with Crippen molar-refractivity contribution < 1.29 is 14.6 Å². The number of anilines is 1. The highest BCUT2D eigenvalue weighted by molar-refractivity contribution is 5.67. The summed E-state index contributed by atoms with van der Waals surface area (Å²) < 4.78 is 0. The van der Waals surface area contributed by atoms with E-state index in [1.54, 1.807) is 9.80 Å². The second kappa shape index (κ2) is 5.51. The lowest BCUT2D eigenvalue weighted by Crippen LogP contribution is -2.45. The van der Waals surface area contributed by atoms with Gasteiger partial charge in [0.1, 0.15) is 5.69 Å². The van der Waals surface area contributed by atoms with Gasteiger partial charge in [0.2, 0.25) is 6.41 Å². The van der Waals surface area contributed by atoms with Gasteiger partial charge in [-0.15, -0.1) is 0 Å². The van der Waals surface area contributed by atoms with Crippen LogP contribution in [0.3, 0.4) is 0 Å². The normalized spacial score (nSPS) is 15.0. The van der Waals surface area contributed by atoms with Crippen LogP contribution in [0.2, 0.25) is 0 Å². The molecule has 1 aliphatic heterocycles. The number of carbonyl (C=O) groups is 1. The van der Waals surface area contributed by atoms with Gasteiger partial charge in [-0.1, -0.05) is 0 Å². The van der Waals surface area contributed by atoms with Gasteiger partial charge in [0.15, 0.2) is 0 Å². The summed E-state index contributed by atoms with van der Waals surface area (Å²) in [6, 6.07) is 3.59. The fraction of sp³-hybridized carbons (Fsp3) is 0.364. The van der Waals surface area contributed by atoms with Crippen molar-refractivity contribution in [2.45, 2.75) is 0 Å². The van der Waals surface area contributed by atoms with Crippen molar-refractivity contribution >= 4 is 23.5 Å². The molecule has 0 N–H and O–H groups in total. The summed E-state index contributed by atoms with van der Waals surface area (Å²) in [5.74, 6) is 0. The lowest BCUT2D eigenvalue weighted by molar-refractivity contribution is -0.393. The van der Waals surface area contributed by atoms with Gasteiger partial charge in [-0.25, -0.2) is 0 Å². The van der Waals surface area contributed by atoms with Gasteiger partial charge in [0.25, 0.3) is 11.4 Å². The van der Waals surface area contributed by atoms with Crippen LogP contribution in [-0.4, -0.2) is 47.3 Å². The Bertz CT molecular complexity index is 554. The Labute approximate surface area is 113 Å². The van der Waals surface area contributed by atoms with E-state index in [0.29, 0.717) is 31.9 Å². The number of hydrogen-bond donors (Lipinski definition) is 0. The third-order valence-corrected chi connectivity index (χ3v) is 3.17. The highest BCUT2D eigenvalue weighted by atomic mass is 16.6. The van der Waals surface area contributed by atoms with E-state index in [1.807, 2.05) is 0 Å². The minimum absolute atomic E-state index is 0.293. The zero-order valence-corrected chi connectivity index (χ0v) is 10.5. The van der Waals surface area contributed by atoms with Gasteiger partial charge >= 0.3 is 0 Å². The second-order valence-electron chi connectivity index (χ2n) is 4.32. The van der Waals surface area contributed by atoms with Crippen molar-refractivity contribution in [2.75, 3.05) is 31.1 Å². The molecule has 1 aliphatic rings. The smallest absolute Gasteiger partial charge is 0.299 e. The maximum absolute atomic E-state index is 11.0. The Kier molecular flexibility index (Phi) is 3.78. The first-order valence-electron chi connectivity index (χ1n) is 5.90. The molecule has 0 unspecified atom stereocenters. The van der Waals surface area contributed by atoms with Crippen molar-refractivity contribution in [1.82, 2.24) is 4.90 Å². The van der Waals surface area contributed by atoms with E-state index in [1.165, 1.54) is 12.1 Å². The number of piperazine rings is 1. The lowest BCUT2D eigenvalue weighted by Gasteiger charge is -2.33. The lowest BCUT2D eigenvalue weighted by atomic mass is 10.2. The molecule has 106 valence electrons. The standard InChI is InChI=1S/C11H12N4O5/c16-8-12-3-5-13(6-4-12)10-2-1-9(14(17)18)7-11(10)15(19)20/h1-2,7-8H,3-6H2. The number of non-ortho nitro benzene ring substituents is 1. The largest absolute Gasteiger partial charge is 0.362 e. The molecule has 1 aromatic carbocycles. The average Bonchev–Trinajstić information content (AvgIpc) is 2.46. The number of carbonyl (C=O) groups excluding carboxylic acids is 1. The number of hydrogen-bond acceptors (Lipinski definition) is 6. The van der Waals surface area contributed by atoms with Crippen LogP contribution >= 0.6 is 0 Å². The fourth-order valence-corrected chi connectivity index (χ4v) is 2.11. The van der Waals surface area contributed by atoms with E-state index in [-0.39, 0.29) is 11.4 Å². The summed E-state index contributed by atoms with van der Waals surface area (Å²) in [6.45, 7) is 1.85. The first-order valence-corrected chi connectivity index (χ1v) is 5.90. The molecule has 0 atom stereocenters. The second-order valence-corrected chi connectivity index (χ2v) is 4.32. The van der Waals surface area contributed by atoms with Crippen molar-refractivity contribution in [3.8, 4) is 0 Å². The van der Waals surface area contributed by atoms with Gasteiger partial charge in [0.05, 0.1) is 15.9 Å². The van der Waals surface area contributed by atoms with Crippen LogP contribution in [0, 0.1) is 20.2 Å². The van der Waals surface area contributed by atoms with Gasteiger partial charge in [-0.2, -0.15) is 0 Å². The van der Waals surface area contributed by atoms with E-state index in [0.717, 1.165) is 12.5 Å². The quantitative estimate of drug-likeness (QED) is 0.458. The first-order chi connectivity index (χ1) is 9.52. The Morgan fingerprint density at radius 1 is 1.05 bits per heavy atom. The predicted octanol–water partition coefficient (Wildman–Crippen LogP) is 0.781. The van der Waals surface area contributed by atoms with E-state index in [2.05, 4.69) is 0 Å². The van der Waals surface area contributed by atoms with Crippen molar-refractivity contribution in [3.05, 3.63) is 38.4 Å². The van der Waals surface area contributed by atoms with E-state index in [4.69, 9.17) is 0 Å². The monoisotopic (exact) mass is 280 g/mol. The molecule has 1 aromatic rings. The Morgan fingerprint density at radius 3 is 2.20 bits per heavy atom. The maximum Gasteiger partial charge on any atom is 0.299 e. The van der Waals surface area contributed by atoms with Crippen LogP contribution in [0.15, 0.2) is 18.2 Å². The fourth-order valence-electron chi connectivity index (χ4n) is 2.11. The van der Waals surface area contributed by atoms with Crippen LogP contribution in [0.4, 0.5) is 17.1 Å². The number of nitrogens with zero attached hydrogens (tertiary/aromatic N) is 4. The average molecular weight is 280 g/mol. The summed E-state index contributed by atoms with van der Waals surface area (Å²) in [7, 11) is 0. The molecule has 0 aromatic heterocycles. The minimum atomic E-state index is -0.666. The maximum atomic E-state index is 11.0.